The first-order valence-corrected chi connectivity index (χ1v) is 7.04. The van der Waals surface area contributed by atoms with E-state index in [1.165, 1.54) is 12.3 Å². The van der Waals surface area contributed by atoms with Crippen molar-refractivity contribution in [2.75, 3.05) is 11.9 Å². The number of halogens is 1. The highest BCUT2D eigenvalue weighted by molar-refractivity contribution is 9.10. The van der Waals surface area contributed by atoms with Crippen LogP contribution in [-0.4, -0.2) is 22.6 Å². The van der Waals surface area contributed by atoms with Gasteiger partial charge in [-0.1, -0.05) is 15.9 Å². The van der Waals surface area contributed by atoms with Crippen molar-refractivity contribution in [3.8, 4) is 0 Å². The van der Waals surface area contributed by atoms with Crippen LogP contribution in [0, 0.1) is 6.92 Å². The number of anilines is 1. The zero-order valence-corrected chi connectivity index (χ0v) is 12.6. The van der Waals surface area contributed by atoms with E-state index in [-0.39, 0.29) is 5.56 Å². The van der Waals surface area contributed by atoms with E-state index in [4.69, 9.17) is 5.11 Å². The van der Waals surface area contributed by atoms with E-state index in [2.05, 4.69) is 26.2 Å². The Morgan fingerprint density at radius 3 is 2.85 bits per heavy atom. The molecule has 2 aromatic rings. The number of aromatic carboxylic acids is 1. The van der Waals surface area contributed by atoms with E-state index in [1.54, 1.807) is 6.07 Å². The highest BCUT2D eigenvalue weighted by Crippen LogP contribution is 2.19. The van der Waals surface area contributed by atoms with E-state index in [0.717, 1.165) is 21.4 Å². The van der Waals surface area contributed by atoms with Crippen molar-refractivity contribution in [1.82, 2.24) is 4.98 Å². The van der Waals surface area contributed by atoms with Gasteiger partial charge in [-0.05, 0) is 42.8 Å². The lowest BCUT2D eigenvalue weighted by molar-refractivity contribution is 0.0696. The fraction of sp³-hybridized carbons (Fsp3) is 0.200. The quantitative estimate of drug-likeness (QED) is 0.878. The van der Waals surface area contributed by atoms with Crippen LogP contribution in [0.1, 0.15) is 21.6 Å². The lowest BCUT2D eigenvalue weighted by Gasteiger charge is -2.09. The Hall–Kier alpha value is -1.88. The van der Waals surface area contributed by atoms with Crippen LogP contribution in [0.3, 0.4) is 0 Å². The summed E-state index contributed by atoms with van der Waals surface area (Å²) >= 11 is 3.43. The van der Waals surface area contributed by atoms with E-state index in [9.17, 15) is 4.79 Å². The normalized spacial score (nSPS) is 10.3. The summed E-state index contributed by atoms with van der Waals surface area (Å²) in [4.78, 5) is 15.1. The van der Waals surface area contributed by atoms with Gasteiger partial charge in [-0.15, -0.1) is 0 Å². The summed E-state index contributed by atoms with van der Waals surface area (Å²) in [5.41, 5.74) is 3.27. The number of aromatic nitrogens is 1. The van der Waals surface area contributed by atoms with Crippen LogP contribution in [0.25, 0.3) is 0 Å². The van der Waals surface area contributed by atoms with Crippen molar-refractivity contribution in [2.24, 2.45) is 0 Å². The molecule has 104 valence electrons. The summed E-state index contributed by atoms with van der Waals surface area (Å²) < 4.78 is 1.05. The molecular formula is C15H15BrN2O2. The smallest absolute Gasteiger partial charge is 0.335 e. The second kappa shape index (κ2) is 6.52. The zero-order valence-electron chi connectivity index (χ0n) is 11.1. The molecule has 0 bridgehead atoms. The Morgan fingerprint density at radius 1 is 1.35 bits per heavy atom. The van der Waals surface area contributed by atoms with Crippen LogP contribution >= 0.6 is 15.9 Å². The summed E-state index contributed by atoms with van der Waals surface area (Å²) in [7, 11) is 0. The van der Waals surface area contributed by atoms with Gasteiger partial charge in [0.05, 0.1) is 5.56 Å². The third-order valence-electron chi connectivity index (χ3n) is 2.95. The second-order valence-corrected chi connectivity index (χ2v) is 5.39. The second-order valence-electron chi connectivity index (χ2n) is 4.48. The summed E-state index contributed by atoms with van der Waals surface area (Å²) in [6.07, 6.45) is 2.21. The number of benzene rings is 1. The van der Waals surface area contributed by atoms with Crippen LogP contribution < -0.4 is 5.32 Å². The Balaban J connectivity index is 1.96. The number of aryl methyl sites for hydroxylation is 1. The van der Waals surface area contributed by atoms with E-state index < -0.39 is 5.97 Å². The fourth-order valence-electron chi connectivity index (χ4n) is 1.90. The molecule has 0 amide bonds. The average Bonchev–Trinajstić information content (AvgIpc) is 2.41. The van der Waals surface area contributed by atoms with Gasteiger partial charge in [0.15, 0.2) is 0 Å². The van der Waals surface area contributed by atoms with E-state index in [1.807, 2.05) is 25.1 Å². The molecule has 20 heavy (non-hydrogen) atoms. The minimum atomic E-state index is -0.926. The van der Waals surface area contributed by atoms with Crippen molar-refractivity contribution in [3.63, 3.8) is 0 Å². The Bertz CT molecular complexity index is 629. The summed E-state index contributed by atoms with van der Waals surface area (Å²) in [6, 6.07) is 9.15. The Morgan fingerprint density at radius 2 is 2.15 bits per heavy atom. The molecule has 0 fully saturated rings. The van der Waals surface area contributed by atoms with Crippen molar-refractivity contribution in [3.05, 3.63) is 57.8 Å². The van der Waals surface area contributed by atoms with E-state index >= 15 is 0 Å². The molecule has 1 heterocycles. The number of hydrogen-bond donors (Lipinski definition) is 2. The molecule has 0 aliphatic heterocycles. The van der Waals surface area contributed by atoms with Crippen LogP contribution in [0.2, 0.25) is 0 Å². The van der Waals surface area contributed by atoms with Crippen LogP contribution in [0.5, 0.6) is 0 Å². The topological polar surface area (TPSA) is 62.2 Å². The minimum Gasteiger partial charge on any atom is -0.478 e. The number of nitrogens with one attached hydrogen (secondary N) is 1. The highest BCUT2D eigenvalue weighted by Gasteiger charge is 2.04. The van der Waals surface area contributed by atoms with E-state index in [0.29, 0.717) is 13.0 Å². The number of nitrogens with zero attached hydrogens (tertiary/aromatic N) is 1. The molecule has 2 rings (SSSR count). The first-order valence-electron chi connectivity index (χ1n) is 6.24. The van der Waals surface area contributed by atoms with Gasteiger partial charge in [-0.25, -0.2) is 4.79 Å². The number of rotatable bonds is 5. The number of carboxylic acids is 1. The number of hydrogen-bond acceptors (Lipinski definition) is 3. The molecule has 0 saturated carbocycles. The van der Waals surface area contributed by atoms with Crippen molar-refractivity contribution >= 4 is 27.6 Å². The molecule has 0 saturated heterocycles. The Kier molecular flexibility index (Phi) is 4.74. The van der Waals surface area contributed by atoms with Crippen LogP contribution in [-0.2, 0) is 6.42 Å². The summed E-state index contributed by atoms with van der Waals surface area (Å²) in [5.74, 6) is -0.926. The fourth-order valence-corrected chi connectivity index (χ4v) is 2.37. The maximum absolute atomic E-state index is 10.9. The van der Waals surface area contributed by atoms with Crippen molar-refractivity contribution in [2.45, 2.75) is 13.3 Å². The van der Waals surface area contributed by atoms with Gasteiger partial charge >= 0.3 is 5.97 Å². The molecule has 2 N–H and O–H groups in total. The predicted octanol–water partition coefficient (Wildman–Crippen LogP) is 3.51. The van der Waals surface area contributed by atoms with Crippen molar-refractivity contribution in [1.29, 1.82) is 0 Å². The predicted molar refractivity (Wildman–Crippen MR) is 82.3 cm³/mol. The third kappa shape index (κ3) is 3.81. The first-order chi connectivity index (χ1) is 9.56. The highest BCUT2D eigenvalue weighted by atomic mass is 79.9. The molecule has 0 spiro atoms. The van der Waals surface area contributed by atoms with Gasteiger partial charge in [0.2, 0.25) is 0 Å². The maximum Gasteiger partial charge on any atom is 0.335 e. The molecule has 0 atom stereocenters. The van der Waals surface area contributed by atoms with Crippen LogP contribution in [0.4, 0.5) is 5.69 Å². The maximum atomic E-state index is 10.9. The van der Waals surface area contributed by atoms with Crippen LogP contribution in [0.15, 0.2) is 41.0 Å². The summed E-state index contributed by atoms with van der Waals surface area (Å²) in [5, 5.41) is 12.3. The van der Waals surface area contributed by atoms with Gasteiger partial charge < -0.3 is 10.4 Å². The number of carbonyl (C=O) groups is 1. The first kappa shape index (κ1) is 14.5. The largest absolute Gasteiger partial charge is 0.478 e. The molecular weight excluding hydrogens is 320 g/mol. The van der Waals surface area contributed by atoms with Crippen molar-refractivity contribution < 1.29 is 9.90 Å². The third-order valence-corrected chi connectivity index (χ3v) is 3.44. The average molecular weight is 335 g/mol. The summed E-state index contributed by atoms with van der Waals surface area (Å²) in [6.45, 7) is 2.74. The molecule has 0 radical (unpaired) electrons. The lowest BCUT2D eigenvalue weighted by Crippen LogP contribution is -2.08. The molecule has 5 heteroatoms. The van der Waals surface area contributed by atoms with Gasteiger partial charge in [-0.2, -0.15) is 0 Å². The standard InChI is InChI=1S/C15H15BrN2O2/c1-10-8-12(16)2-3-14(10)18-7-5-13-9-11(15(19)20)4-6-17-13/h2-4,6,8-9,18H,5,7H2,1H3,(H,19,20). The zero-order chi connectivity index (χ0) is 14.5. The van der Waals surface area contributed by atoms with Gasteiger partial charge in [0.1, 0.15) is 0 Å². The molecule has 0 unspecified atom stereocenters. The minimum absolute atomic E-state index is 0.273. The SMILES string of the molecule is Cc1cc(Br)ccc1NCCc1cc(C(=O)O)ccn1. The molecule has 0 aliphatic rings. The lowest BCUT2D eigenvalue weighted by atomic mass is 10.1. The molecule has 0 aliphatic carbocycles. The monoisotopic (exact) mass is 334 g/mol. The molecule has 1 aromatic heterocycles. The van der Waals surface area contributed by atoms with Gasteiger partial charge in [-0.3, -0.25) is 4.98 Å². The Labute approximate surface area is 126 Å². The van der Waals surface area contributed by atoms with Gasteiger partial charge in [0.25, 0.3) is 0 Å². The number of pyridine rings is 1. The number of carboxylic acid groups (broad SMARTS) is 1. The molecule has 1 aromatic carbocycles. The molecule has 4 nitrogen and oxygen atoms in total. The van der Waals surface area contributed by atoms with Gasteiger partial charge in [0, 0.05) is 35.0 Å².